The van der Waals surface area contributed by atoms with Crippen LogP contribution < -0.4 is 14.8 Å². The lowest BCUT2D eigenvalue weighted by Crippen LogP contribution is -2.37. The van der Waals surface area contributed by atoms with Crippen LogP contribution >= 0.6 is 0 Å². The number of rotatable bonds is 5. The SMILES string of the molecule is CCN(CC(=O)Nc1ccon1)C(=O)c1ccc2c(c1)OCO2. The van der Waals surface area contributed by atoms with Gasteiger partial charge in [0.15, 0.2) is 17.3 Å². The van der Waals surface area contributed by atoms with E-state index in [0.717, 1.165) is 0 Å². The van der Waals surface area contributed by atoms with Crippen LogP contribution in [0.4, 0.5) is 5.82 Å². The van der Waals surface area contributed by atoms with E-state index in [1.54, 1.807) is 25.1 Å². The zero-order valence-corrected chi connectivity index (χ0v) is 12.4. The number of anilines is 1. The van der Waals surface area contributed by atoms with Crippen molar-refractivity contribution >= 4 is 17.6 Å². The van der Waals surface area contributed by atoms with E-state index >= 15 is 0 Å². The molecule has 0 unspecified atom stereocenters. The Morgan fingerprint density at radius 2 is 2.09 bits per heavy atom. The van der Waals surface area contributed by atoms with Gasteiger partial charge < -0.3 is 24.2 Å². The molecule has 1 aliphatic rings. The van der Waals surface area contributed by atoms with E-state index in [-0.39, 0.29) is 25.2 Å². The van der Waals surface area contributed by atoms with E-state index in [2.05, 4.69) is 15.0 Å². The topological polar surface area (TPSA) is 93.9 Å². The number of fused-ring (bicyclic) bond motifs is 1. The maximum Gasteiger partial charge on any atom is 0.254 e. The van der Waals surface area contributed by atoms with Gasteiger partial charge in [0.05, 0.1) is 0 Å². The summed E-state index contributed by atoms with van der Waals surface area (Å²) in [4.78, 5) is 25.9. The summed E-state index contributed by atoms with van der Waals surface area (Å²) in [7, 11) is 0. The Labute approximate surface area is 131 Å². The van der Waals surface area contributed by atoms with Crippen LogP contribution in [-0.4, -0.2) is 41.8 Å². The second-order valence-electron chi connectivity index (χ2n) is 4.82. The molecule has 1 N–H and O–H groups in total. The highest BCUT2D eigenvalue weighted by atomic mass is 16.7. The number of nitrogens with zero attached hydrogens (tertiary/aromatic N) is 2. The Bertz CT molecular complexity index is 714. The van der Waals surface area contributed by atoms with Crippen LogP contribution in [0.25, 0.3) is 0 Å². The van der Waals surface area contributed by atoms with Gasteiger partial charge in [0.25, 0.3) is 5.91 Å². The summed E-state index contributed by atoms with van der Waals surface area (Å²) in [6.45, 7) is 2.25. The zero-order chi connectivity index (χ0) is 16.2. The Morgan fingerprint density at radius 3 is 2.83 bits per heavy atom. The van der Waals surface area contributed by atoms with Gasteiger partial charge in [0, 0.05) is 18.2 Å². The van der Waals surface area contributed by atoms with Crippen molar-refractivity contribution in [1.29, 1.82) is 0 Å². The fourth-order valence-electron chi connectivity index (χ4n) is 2.17. The largest absolute Gasteiger partial charge is 0.454 e. The lowest BCUT2D eigenvalue weighted by atomic mass is 10.1. The summed E-state index contributed by atoms with van der Waals surface area (Å²) in [6, 6.07) is 6.46. The van der Waals surface area contributed by atoms with Crippen LogP contribution in [0.5, 0.6) is 11.5 Å². The quantitative estimate of drug-likeness (QED) is 0.898. The van der Waals surface area contributed by atoms with E-state index in [0.29, 0.717) is 29.4 Å². The average molecular weight is 317 g/mol. The molecule has 0 fully saturated rings. The van der Waals surface area contributed by atoms with Crippen LogP contribution in [0.3, 0.4) is 0 Å². The molecule has 2 heterocycles. The van der Waals surface area contributed by atoms with Gasteiger partial charge in [-0.25, -0.2) is 0 Å². The summed E-state index contributed by atoms with van der Waals surface area (Å²) in [5.41, 5.74) is 0.435. The summed E-state index contributed by atoms with van der Waals surface area (Å²) in [6.07, 6.45) is 1.35. The Balaban J connectivity index is 1.67. The highest BCUT2D eigenvalue weighted by Gasteiger charge is 2.21. The van der Waals surface area contributed by atoms with Gasteiger partial charge in [0.1, 0.15) is 12.8 Å². The third-order valence-electron chi connectivity index (χ3n) is 3.33. The second-order valence-corrected chi connectivity index (χ2v) is 4.82. The first-order chi connectivity index (χ1) is 11.2. The first kappa shape index (κ1) is 14.9. The Hall–Kier alpha value is -3.03. The third-order valence-corrected chi connectivity index (χ3v) is 3.33. The first-order valence-electron chi connectivity index (χ1n) is 7.06. The van der Waals surface area contributed by atoms with Gasteiger partial charge in [-0.15, -0.1) is 0 Å². The van der Waals surface area contributed by atoms with Crippen molar-refractivity contribution in [2.45, 2.75) is 6.92 Å². The monoisotopic (exact) mass is 317 g/mol. The Morgan fingerprint density at radius 1 is 1.26 bits per heavy atom. The number of carbonyl (C=O) groups excluding carboxylic acids is 2. The first-order valence-corrected chi connectivity index (χ1v) is 7.06. The number of likely N-dealkylation sites (N-methyl/N-ethyl adjacent to an activating group) is 1. The van der Waals surface area contributed by atoms with Crippen molar-refractivity contribution in [3.05, 3.63) is 36.1 Å². The van der Waals surface area contributed by atoms with Crippen molar-refractivity contribution in [2.24, 2.45) is 0 Å². The van der Waals surface area contributed by atoms with Crippen molar-refractivity contribution in [2.75, 3.05) is 25.2 Å². The molecule has 0 radical (unpaired) electrons. The van der Waals surface area contributed by atoms with E-state index < -0.39 is 0 Å². The van der Waals surface area contributed by atoms with Gasteiger partial charge in [-0.1, -0.05) is 5.16 Å². The number of carbonyl (C=O) groups is 2. The van der Waals surface area contributed by atoms with E-state index in [1.165, 1.54) is 17.2 Å². The minimum absolute atomic E-state index is 0.0867. The third kappa shape index (κ3) is 3.25. The second kappa shape index (κ2) is 6.39. The fraction of sp³-hybridized carbons (Fsp3) is 0.267. The van der Waals surface area contributed by atoms with Crippen LogP contribution in [0.15, 0.2) is 35.1 Å². The molecule has 2 aromatic rings. The molecule has 1 aliphatic heterocycles. The molecule has 3 rings (SSSR count). The van der Waals surface area contributed by atoms with Crippen molar-refractivity contribution in [1.82, 2.24) is 10.1 Å². The van der Waals surface area contributed by atoms with Crippen LogP contribution in [0.1, 0.15) is 17.3 Å². The van der Waals surface area contributed by atoms with Crippen LogP contribution in [0.2, 0.25) is 0 Å². The normalized spacial score (nSPS) is 12.0. The molecule has 2 amide bonds. The summed E-state index contributed by atoms with van der Waals surface area (Å²) >= 11 is 0. The maximum absolute atomic E-state index is 12.5. The summed E-state index contributed by atoms with van der Waals surface area (Å²) in [5.74, 6) is 0.824. The van der Waals surface area contributed by atoms with Gasteiger partial charge in [0.2, 0.25) is 12.7 Å². The fourth-order valence-corrected chi connectivity index (χ4v) is 2.17. The molecule has 0 aliphatic carbocycles. The van der Waals surface area contributed by atoms with E-state index in [4.69, 9.17) is 9.47 Å². The van der Waals surface area contributed by atoms with Gasteiger partial charge in [-0.05, 0) is 25.1 Å². The number of ether oxygens (including phenoxy) is 2. The molecule has 0 bridgehead atoms. The number of nitrogens with one attached hydrogen (secondary N) is 1. The number of hydrogen-bond donors (Lipinski definition) is 1. The molecule has 0 atom stereocenters. The molecule has 0 saturated heterocycles. The molecule has 0 saturated carbocycles. The lowest BCUT2D eigenvalue weighted by Gasteiger charge is -2.20. The standard InChI is InChI=1S/C15H15N3O5/c1-2-18(8-14(19)16-13-5-6-23-17-13)15(20)10-3-4-11-12(7-10)22-9-21-11/h3-7H,2,8-9H2,1H3,(H,16,17,19). The predicted octanol–water partition coefficient (Wildman–Crippen LogP) is 1.50. The van der Waals surface area contributed by atoms with Gasteiger partial charge in [-0.3, -0.25) is 9.59 Å². The average Bonchev–Trinajstić information content (AvgIpc) is 3.22. The van der Waals surface area contributed by atoms with Crippen molar-refractivity contribution < 1.29 is 23.6 Å². The van der Waals surface area contributed by atoms with Gasteiger partial charge in [-0.2, -0.15) is 0 Å². The van der Waals surface area contributed by atoms with Crippen LogP contribution in [-0.2, 0) is 4.79 Å². The molecule has 23 heavy (non-hydrogen) atoms. The zero-order valence-electron chi connectivity index (χ0n) is 12.4. The Kier molecular flexibility index (Phi) is 4.13. The van der Waals surface area contributed by atoms with E-state index in [1.807, 2.05) is 0 Å². The summed E-state index contributed by atoms with van der Waals surface area (Å²) in [5, 5.41) is 6.14. The minimum atomic E-state index is -0.352. The molecule has 1 aromatic heterocycles. The molecule has 8 heteroatoms. The number of hydrogen-bond acceptors (Lipinski definition) is 6. The molecule has 120 valence electrons. The lowest BCUT2D eigenvalue weighted by molar-refractivity contribution is -0.116. The molecular weight excluding hydrogens is 302 g/mol. The predicted molar refractivity (Wildman–Crippen MR) is 79.3 cm³/mol. The van der Waals surface area contributed by atoms with E-state index in [9.17, 15) is 9.59 Å². The number of benzene rings is 1. The molecule has 0 spiro atoms. The van der Waals surface area contributed by atoms with Crippen molar-refractivity contribution in [3.63, 3.8) is 0 Å². The summed E-state index contributed by atoms with van der Waals surface area (Å²) < 4.78 is 15.1. The highest BCUT2D eigenvalue weighted by molar-refractivity contribution is 5.99. The van der Waals surface area contributed by atoms with Crippen molar-refractivity contribution in [3.8, 4) is 11.5 Å². The molecular formula is C15H15N3O5. The number of amides is 2. The smallest absolute Gasteiger partial charge is 0.254 e. The minimum Gasteiger partial charge on any atom is -0.454 e. The van der Waals surface area contributed by atoms with Crippen LogP contribution in [0, 0.1) is 0 Å². The molecule has 8 nitrogen and oxygen atoms in total. The van der Waals surface area contributed by atoms with Gasteiger partial charge >= 0.3 is 0 Å². The number of aromatic nitrogens is 1. The molecule has 1 aromatic carbocycles. The maximum atomic E-state index is 12.5. The highest BCUT2D eigenvalue weighted by Crippen LogP contribution is 2.32.